The van der Waals surface area contributed by atoms with Crippen LogP contribution in [0.3, 0.4) is 0 Å². The van der Waals surface area contributed by atoms with Crippen molar-refractivity contribution in [3.8, 4) is 16.9 Å². The van der Waals surface area contributed by atoms with Gasteiger partial charge in [0.2, 0.25) is 0 Å². The van der Waals surface area contributed by atoms with Crippen molar-refractivity contribution in [3.63, 3.8) is 0 Å². The Balaban J connectivity index is 1.87. The summed E-state index contributed by atoms with van der Waals surface area (Å²) in [6.45, 7) is 15.7. The molecule has 0 saturated heterocycles. The Bertz CT molecular complexity index is 952. The van der Waals surface area contributed by atoms with Crippen molar-refractivity contribution in [2.75, 3.05) is 0 Å². The summed E-state index contributed by atoms with van der Waals surface area (Å²) in [5.41, 5.74) is 8.02. The van der Waals surface area contributed by atoms with E-state index in [1.54, 1.807) is 0 Å². The number of benzene rings is 3. The van der Waals surface area contributed by atoms with Gasteiger partial charge in [-0.25, -0.2) is 0 Å². The normalized spacial score (nSPS) is 12.8. The molecule has 31 heavy (non-hydrogen) atoms. The molecule has 0 spiro atoms. The van der Waals surface area contributed by atoms with Crippen LogP contribution in [0, 0.1) is 19.3 Å². The zero-order valence-electron chi connectivity index (χ0n) is 20.3. The van der Waals surface area contributed by atoms with Crippen LogP contribution in [0.1, 0.15) is 81.7 Å². The van der Waals surface area contributed by atoms with Crippen LogP contribution < -0.4 is 4.74 Å². The number of hydrogen-bond donors (Lipinski definition) is 0. The van der Waals surface area contributed by atoms with E-state index in [-0.39, 0.29) is 11.5 Å². The Morgan fingerprint density at radius 1 is 0.774 bits per heavy atom. The maximum atomic E-state index is 6.60. The van der Waals surface area contributed by atoms with Crippen LogP contribution in [-0.2, 0) is 0 Å². The molecule has 0 bridgehead atoms. The summed E-state index contributed by atoms with van der Waals surface area (Å²) in [5, 5.41) is 0. The summed E-state index contributed by atoms with van der Waals surface area (Å²) in [6.07, 6.45) is 2.19. The number of hydrogen-bond acceptors (Lipinski definition) is 1. The minimum absolute atomic E-state index is 0.0652. The standard InChI is InChI=1S/C30H38O/c1-21(2)24-13-15-26(16-14-24)29-22(3)19-27(20-23(29)4)31-28(17-18-30(5,6)7)25-11-9-8-10-12-25/h8-16,19-21,28H,17-18H2,1-7H3. The third kappa shape index (κ3) is 6.23. The van der Waals surface area contributed by atoms with E-state index < -0.39 is 0 Å². The first-order valence-electron chi connectivity index (χ1n) is 11.6. The molecular weight excluding hydrogens is 376 g/mol. The van der Waals surface area contributed by atoms with Gasteiger partial charge in [-0.2, -0.15) is 0 Å². The van der Waals surface area contributed by atoms with Gasteiger partial charge < -0.3 is 4.74 Å². The van der Waals surface area contributed by atoms with E-state index in [2.05, 4.69) is 115 Å². The average molecular weight is 415 g/mol. The van der Waals surface area contributed by atoms with Crippen molar-refractivity contribution in [2.45, 2.75) is 73.3 Å². The lowest BCUT2D eigenvalue weighted by molar-refractivity contribution is 0.172. The zero-order valence-corrected chi connectivity index (χ0v) is 20.3. The van der Waals surface area contributed by atoms with Gasteiger partial charge in [-0.05, 0) is 83.5 Å². The molecule has 1 atom stereocenters. The quantitative estimate of drug-likeness (QED) is 0.374. The van der Waals surface area contributed by atoms with E-state index in [9.17, 15) is 0 Å². The van der Waals surface area contributed by atoms with Crippen LogP contribution in [0.15, 0.2) is 66.7 Å². The van der Waals surface area contributed by atoms with Gasteiger partial charge in [0.15, 0.2) is 0 Å². The van der Waals surface area contributed by atoms with Gasteiger partial charge in [0.05, 0.1) is 0 Å². The van der Waals surface area contributed by atoms with Crippen LogP contribution in [0.5, 0.6) is 5.75 Å². The topological polar surface area (TPSA) is 9.23 Å². The molecule has 0 saturated carbocycles. The van der Waals surface area contributed by atoms with Crippen molar-refractivity contribution in [1.82, 2.24) is 0 Å². The van der Waals surface area contributed by atoms with Crippen molar-refractivity contribution in [2.24, 2.45) is 5.41 Å². The molecule has 0 aliphatic carbocycles. The largest absolute Gasteiger partial charge is 0.486 e. The lowest BCUT2D eigenvalue weighted by Crippen LogP contribution is -2.13. The summed E-state index contributed by atoms with van der Waals surface area (Å²) < 4.78 is 6.60. The van der Waals surface area contributed by atoms with Crippen LogP contribution in [-0.4, -0.2) is 0 Å². The van der Waals surface area contributed by atoms with Crippen LogP contribution in [0.25, 0.3) is 11.1 Å². The monoisotopic (exact) mass is 414 g/mol. The molecular formula is C30H38O. The highest BCUT2D eigenvalue weighted by atomic mass is 16.5. The van der Waals surface area contributed by atoms with Crippen LogP contribution in [0.2, 0.25) is 0 Å². The van der Waals surface area contributed by atoms with Gasteiger partial charge in [-0.15, -0.1) is 0 Å². The minimum atomic E-state index is 0.0652. The van der Waals surface area contributed by atoms with Gasteiger partial charge in [-0.1, -0.05) is 89.2 Å². The SMILES string of the molecule is Cc1cc(OC(CCC(C)(C)C)c2ccccc2)cc(C)c1-c1ccc(C(C)C)cc1. The molecule has 1 heteroatoms. The van der Waals surface area contributed by atoms with Crippen molar-refractivity contribution in [3.05, 3.63) is 89.0 Å². The zero-order chi connectivity index (χ0) is 22.6. The predicted molar refractivity (Wildman–Crippen MR) is 134 cm³/mol. The van der Waals surface area contributed by atoms with Gasteiger partial charge in [-0.3, -0.25) is 0 Å². The molecule has 1 nitrogen and oxygen atoms in total. The number of aryl methyl sites for hydroxylation is 2. The molecule has 1 unspecified atom stereocenters. The van der Waals surface area contributed by atoms with E-state index >= 15 is 0 Å². The summed E-state index contributed by atoms with van der Waals surface area (Å²) in [5.74, 6) is 1.51. The molecule has 0 N–H and O–H groups in total. The maximum Gasteiger partial charge on any atom is 0.124 e. The van der Waals surface area contributed by atoms with Crippen molar-refractivity contribution < 1.29 is 4.74 Å². The summed E-state index contributed by atoms with van der Waals surface area (Å²) in [6, 6.07) is 24.0. The van der Waals surface area contributed by atoms with E-state index in [0.29, 0.717) is 5.92 Å². The summed E-state index contributed by atoms with van der Waals surface area (Å²) >= 11 is 0. The second-order valence-electron chi connectivity index (χ2n) is 10.3. The Hall–Kier alpha value is -2.54. The van der Waals surface area contributed by atoms with Crippen molar-refractivity contribution in [1.29, 1.82) is 0 Å². The number of rotatable bonds is 7. The third-order valence-corrected chi connectivity index (χ3v) is 5.98. The smallest absolute Gasteiger partial charge is 0.124 e. The summed E-state index contributed by atoms with van der Waals surface area (Å²) in [4.78, 5) is 0. The van der Waals surface area contributed by atoms with E-state index in [4.69, 9.17) is 4.74 Å². The first-order chi connectivity index (χ1) is 14.6. The molecule has 164 valence electrons. The van der Waals surface area contributed by atoms with Gasteiger partial charge in [0.25, 0.3) is 0 Å². The second kappa shape index (κ2) is 9.73. The molecule has 3 aromatic rings. The van der Waals surface area contributed by atoms with Crippen LogP contribution in [0.4, 0.5) is 0 Å². The van der Waals surface area contributed by atoms with Gasteiger partial charge in [0.1, 0.15) is 11.9 Å². The molecule has 0 fully saturated rings. The molecule has 0 aliphatic rings. The van der Waals surface area contributed by atoms with E-state index in [0.717, 1.165) is 18.6 Å². The fourth-order valence-corrected chi connectivity index (χ4v) is 4.17. The average Bonchev–Trinajstić information content (AvgIpc) is 2.71. The fraction of sp³-hybridized carbons (Fsp3) is 0.400. The molecule has 0 heterocycles. The first-order valence-corrected chi connectivity index (χ1v) is 11.6. The van der Waals surface area contributed by atoms with Gasteiger partial charge >= 0.3 is 0 Å². The number of ether oxygens (including phenoxy) is 1. The van der Waals surface area contributed by atoms with Crippen LogP contribution >= 0.6 is 0 Å². The Morgan fingerprint density at radius 3 is 1.87 bits per heavy atom. The summed E-state index contributed by atoms with van der Waals surface area (Å²) in [7, 11) is 0. The molecule has 3 aromatic carbocycles. The lowest BCUT2D eigenvalue weighted by Gasteiger charge is -2.25. The maximum absolute atomic E-state index is 6.60. The van der Waals surface area contributed by atoms with E-state index in [1.165, 1.54) is 33.4 Å². The van der Waals surface area contributed by atoms with Crippen molar-refractivity contribution >= 4 is 0 Å². The second-order valence-corrected chi connectivity index (χ2v) is 10.3. The lowest BCUT2D eigenvalue weighted by atomic mass is 9.88. The van der Waals surface area contributed by atoms with Gasteiger partial charge in [0, 0.05) is 0 Å². The highest BCUT2D eigenvalue weighted by molar-refractivity contribution is 5.72. The Kier molecular flexibility index (Phi) is 7.26. The molecule has 0 radical (unpaired) electrons. The Labute approximate surface area is 189 Å². The predicted octanol–water partition coefficient (Wildman–Crippen LogP) is 9.04. The highest BCUT2D eigenvalue weighted by Gasteiger charge is 2.19. The third-order valence-electron chi connectivity index (χ3n) is 5.98. The highest BCUT2D eigenvalue weighted by Crippen LogP contribution is 2.35. The minimum Gasteiger partial charge on any atom is -0.486 e. The molecule has 0 aliphatic heterocycles. The molecule has 0 aromatic heterocycles. The Morgan fingerprint density at radius 2 is 1.35 bits per heavy atom. The fourth-order valence-electron chi connectivity index (χ4n) is 4.17. The molecule has 3 rings (SSSR count). The molecule has 0 amide bonds. The first kappa shape index (κ1) is 23.1. The van der Waals surface area contributed by atoms with E-state index in [1.807, 2.05) is 0 Å².